The Bertz CT molecular complexity index is 701. The van der Waals surface area contributed by atoms with Crippen LogP contribution in [0.1, 0.15) is 155 Å². The van der Waals surface area contributed by atoms with Crippen molar-refractivity contribution in [3.63, 3.8) is 0 Å². The molecule has 0 spiro atoms. The number of rotatable bonds is 11. The van der Waals surface area contributed by atoms with Crippen LogP contribution in [0.4, 0.5) is 39.5 Å². The van der Waals surface area contributed by atoms with Crippen molar-refractivity contribution in [2.45, 2.75) is 174 Å². The molecule has 0 aromatic heterocycles. The van der Waals surface area contributed by atoms with Crippen molar-refractivity contribution in [3.05, 3.63) is 0 Å². The molecule has 0 radical (unpaired) electrons. The van der Waals surface area contributed by atoms with Gasteiger partial charge in [0, 0.05) is 5.41 Å². The minimum Gasteiger partial charge on any atom is -0.170 e. The lowest BCUT2D eigenvalue weighted by atomic mass is 9.31. The molecule has 0 nitrogen and oxygen atoms in total. The first-order valence-corrected chi connectivity index (χ1v) is 16.3. The molecule has 3 saturated carbocycles. The summed E-state index contributed by atoms with van der Waals surface area (Å²) in [5, 5.41) is 0. The van der Waals surface area contributed by atoms with E-state index in [1.54, 1.807) is 0 Å². The Labute approximate surface area is 241 Å². The van der Waals surface area contributed by atoms with Gasteiger partial charge in [0.25, 0.3) is 0 Å². The molecule has 0 saturated heterocycles. The van der Waals surface area contributed by atoms with Gasteiger partial charge in [-0.3, -0.25) is 0 Å². The van der Waals surface area contributed by atoms with Gasteiger partial charge in [0.2, 0.25) is 0 Å². The standard InChI is InChI=1S/C32H51F9/c1-3-4-5-6-7-11-18-25(2)29(26(30(33,34)35)19-12-8-13-20-26,27(31(36,37)38)21-14-9-15-22-27)28(32(39,40)41)23-16-10-17-24-28/h25H,3-24H2,1-2H3. The number of hydrogen-bond donors (Lipinski definition) is 0. The lowest BCUT2D eigenvalue weighted by molar-refractivity contribution is -0.433. The Balaban J connectivity index is 2.43. The highest BCUT2D eigenvalue weighted by Crippen LogP contribution is 2.83. The van der Waals surface area contributed by atoms with Crippen molar-refractivity contribution in [2.24, 2.45) is 27.6 Å². The summed E-state index contributed by atoms with van der Waals surface area (Å²) < 4.78 is 143. The molecule has 242 valence electrons. The first kappa shape index (κ1) is 34.9. The van der Waals surface area contributed by atoms with E-state index in [0.29, 0.717) is 32.1 Å². The van der Waals surface area contributed by atoms with Crippen LogP contribution in [0.5, 0.6) is 0 Å². The molecule has 1 atom stereocenters. The molecule has 0 heterocycles. The second-order valence-electron chi connectivity index (χ2n) is 13.7. The topological polar surface area (TPSA) is 0 Å². The fourth-order valence-corrected chi connectivity index (χ4v) is 10.4. The SMILES string of the molecule is CCCCCCCCC(C)C(C1(C(F)(F)F)CCCCC1)(C1(C(F)(F)F)CCCCC1)C1(C(F)(F)F)CCCCC1. The first-order valence-electron chi connectivity index (χ1n) is 16.3. The van der Waals surface area contributed by atoms with E-state index in [-0.39, 0.29) is 44.9 Å². The van der Waals surface area contributed by atoms with Crippen LogP contribution in [0.2, 0.25) is 0 Å². The van der Waals surface area contributed by atoms with Crippen molar-refractivity contribution in [1.29, 1.82) is 0 Å². The summed E-state index contributed by atoms with van der Waals surface area (Å²) in [4.78, 5) is 0. The molecule has 0 aromatic rings. The third kappa shape index (κ3) is 5.80. The predicted molar refractivity (Wildman–Crippen MR) is 144 cm³/mol. The van der Waals surface area contributed by atoms with Crippen LogP contribution in [0.15, 0.2) is 0 Å². The Hall–Kier alpha value is -0.630. The average molecular weight is 607 g/mol. The van der Waals surface area contributed by atoms with Gasteiger partial charge in [0.15, 0.2) is 0 Å². The second kappa shape index (κ2) is 13.2. The zero-order chi connectivity index (χ0) is 30.6. The Morgan fingerprint density at radius 2 is 0.756 bits per heavy atom. The summed E-state index contributed by atoms with van der Waals surface area (Å²) in [7, 11) is 0. The zero-order valence-corrected chi connectivity index (χ0v) is 25.0. The average Bonchev–Trinajstić information content (AvgIpc) is 2.91. The fourth-order valence-electron chi connectivity index (χ4n) is 10.4. The van der Waals surface area contributed by atoms with E-state index in [1.165, 1.54) is 6.92 Å². The molecule has 9 heteroatoms. The minimum atomic E-state index is -5.19. The summed E-state index contributed by atoms with van der Waals surface area (Å²) >= 11 is 0. The normalized spacial score (nSPS) is 24.7. The van der Waals surface area contributed by atoms with Crippen molar-refractivity contribution >= 4 is 0 Å². The third-order valence-electron chi connectivity index (χ3n) is 11.7. The van der Waals surface area contributed by atoms with Crippen molar-refractivity contribution in [2.75, 3.05) is 0 Å². The van der Waals surface area contributed by atoms with Gasteiger partial charge in [0.1, 0.15) is 0 Å². The van der Waals surface area contributed by atoms with Gasteiger partial charge in [0.05, 0.1) is 16.2 Å². The van der Waals surface area contributed by atoms with Gasteiger partial charge in [-0.25, -0.2) is 0 Å². The van der Waals surface area contributed by atoms with Crippen LogP contribution >= 0.6 is 0 Å². The number of hydrogen-bond acceptors (Lipinski definition) is 0. The van der Waals surface area contributed by atoms with Gasteiger partial charge in [-0.1, -0.05) is 117 Å². The molecule has 0 bridgehead atoms. The third-order valence-corrected chi connectivity index (χ3v) is 11.7. The summed E-state index contributed by atoms with van der Waals surface area (Å²) in [6.45, 7) is 3.40. The van der Waals surface area contributed by atoms with Crippen molar-refractivity contribution < 1.29 is 39.5 Å². The molecular weight excluding hydrogens is 555 g/mol. The van der Waals surface area contributed by atoms with Gasteiger partial charge in [-0.2, -0.15) is 39.5 Å². The molecular formula is C32H51F9. The second-order valence-corrected chi connectivity index (χ2v) is 13.7. The molecule has 0 amide bonds. The zero-order valence-electron chi connectivity index (χ0n) is 25.0. The Morgan fingerprint density at radius 3 is 1.05 bits per heavy atom. The van der Waals surface area contributed by atoms with E-state index in [9.17, 15) is 0 Å². The monoisotopic (exact) mass is 606 g/mol. The highest BCUT2D eigenvalue weighted by Gasteiger charge is 2.87. The smallest absolute Gasteiger partial charge is 0.170 e. The van der Waals surface area contributed by atoms with E-state index in [2.05, 4.69) is 0 Å². The fraction of sp³-hybridized carbons (Fsp3) is 1.00. The maximum Gasteiger partial charge on any atom is 0.395 e. The summed E-state index contributed by atoms with van der Waals surface area (Å²) in [5.41, 5.74) is -12.1. The van der Waals surface area contributed by atoms with Gasteiger partial charge >= 0.3 is 18.5 Å². The highest BCUT2D eigenvalue weighted by atomic mass is 19.4. The molecule has 3 aliphatic carbocycles. The largest absolute Gasteiger partial charge is 0.395 e. The van der Waals surface area contributed by atoms with Crippen LogP contribution < -0.4 is 0 Å². The van der Waals surface area contributed by atoms with E-state index in [4.69, 9.17) is 0 Å². The molecule has 41 heavy (non-hydrogen) atoms. The Morgan fingerprint density at radius 1 is 0.463 bits per heavy atom. The summed E-state index contributed by atoms with van der Waals surface area (Å²) in [6.07, 6.45) is -13.6. The molecule has 3 fully saturated rings. The summed E-state index contributed by atoms with van der Waals surface area (Å²) in [5.74, 6) is -1.38. The van der Waals surface area contributed by atoms with Crippen LogP contribution in [-0.4, -0.2) is 18.5 Å². The van der Waals surface area contributed by atoms with Crippen LogP contribution in [0.25, 0.3) is 0 Å². The van der Waals surface area contributed by atoms with Crippen molar-refractivity contribution in [1.82, 2.24) is 0 Å². The minimum absolute atomic E-state index is 0.00682. The molecule has 0 aliphatic heterocycles. The predicted octanol–water partition coefficient (Wildman–Crippen LogP) is 12.9. The maximum absolute atomic E-state index is 15.9. The molecule has 3 rings (SSSR count). The first-order chi connectivity index (χ1) is 19.1. The van der Waals surface area contributed by atoms with Crippen LogP contribution in [0.3, 0.4) is 0 Å². The van der Waals surface area contributed by atoms with E-state index < -0.39 is 84.6 Å². The van der Waals surface area contributed by atoms with Crippen LogP contribution in [-0.2, 0) is 0 Å². The molecule has 3 aliphatic rings. The van der Waals surface area contributed by atoms with E-state index in [1.807, 2.05) is 6.92 Å². The number of alkyl halides is 9. The number of unbranched alkanes of at least 4 members (excludes halogenated alkanes) is 5. The number of halogens is 9. The molecule has 0 aromatic carbocycles. The lowest BCUT2D eigenvalue weighted by Gasteiger charge is -2.72. The molecule has 1 unspecified atom stereocenters. The quantitative estimate of drug-likeness (QED) is 0.162. The van der Waals surface area contributed by atoms with Crippen molar-refractivity contribution in [3.8, 4) is 0 Å². The van der Waals surface area contributed by atoms with E-state index >= 15 is 39.5 Å². The van der Waals surface area contributed by atoms with Gasteiger partial charge in [-0.15, -0.1) is 0 Å². The lowest BCUT2D eigenvalue weighted by Crippen LogP contribution is -2.76. The van der Waals surface area contributed by atoms with E-state index in [0.717, 1.165) is 25.7 Å². The summed E-state index contributed by atoms with van der Waals surface area (Å²) in [6, 6.07) is 0. The van der Waals surface area contributed by atoms with Gasteiger partial charge < -0.3 is 0 Å². The molecule has 0 N–H and O–H groups in total. The van der Waals surface area contributed by atoms with Crippen LogP contribution in [0, 0.1) is 27.6 Å². The highest BCUT2D eigenvalue weighted by molar-refractivity contribution is 5.24. The maximum atomic E-state index is 15.9. The van der Waals surface area contributed by atoms with Gasteiger partial charge in [-0.05, 0) is 44.4 Å². The Kier molecular flexibility index (Phi) is 11.2.